The molecule has 0 bridgehead atoms. The van der Waals surface area contributed by atoms with E-state index in [1.807, 2.05) is 13.0 Å². The largest absolute Gasteiger partial charge is 0.494 e. The van der Waals surface area contributed by atoms with E-state index in [1.165, 1.54) is 13.2 Å². The minimum atomic E-state index is -1.11. The van der Waals surface area contributed by atoms with E-state index < -0.39 is 5.97 Å². The molecular formula is C13H13NO4. The predicted octanol–water partition coefficient (Wildman–Crippen LogP) is 2.54. The van der Waals surface area contributed by atoms with Crippen molar-refractivity contribution in [2.75, 3.05) is 12.8 Å². The van der Waals surface area contributed by atoms with Gasteiger partial charge in [0.15, 0.2) is 5.75 Å². The highest BCUT2D eigenvalue weighted by Gasteiger charge is 2.16. The molecule has 0 atom stereocenters. The van der Waals surface area contributed by atoms with Crippen molar-refractivity contribution in [3.63, 3.8) is 0 Å². The summed E-state index contributed by atoms with van der Waals surface area (Å²) >= 11 is 0. The monoisotopic (exact) mass is 247 g/mol. The Kier molecular flexibility index (Phi) is 2.97. The number of carboxylic acids is 1. The number of aromatic carboxylic acids is 1. The Hall–Kier alpha value is -2.43. The first-order chi connectivity index (χ1) is 8.52. The van der Waals surface area contributed by atoms with Crippen LogP contribution in [-0.2, 0) is 0 Å². The molecule has 1 aromatic heterocycles. The standard InChI is InChI=1S/C13H13NO4/c1-7-5-8(12(17-2)9(14)6-7)10-3-4-11(18-10)13(15)16/h3-6H,14H2,1-2H3,(H,15,16). The normalized spacial score (nSPS) is 10.3. The molecular weight excluding hydrogens is 234 g/mol. The third kappa shape index (κ3) is 2.02. The van der Waals surface area contributed by atoms with Gasteiger partial charge in [-0.1, -0.05) is 0 Å². The number of carboxylic acid groups (broad SMARTS) is 1. The minimum Gasteiger partial charge on any atom is -0.494 e. The van der Waals surface area contributed by atoms with Gasteiger partial charge in [-0.2, -0.15) is 0 Å². The van der Waals surface area contributed by atoms with Gasteiger partial charge in [0.2, 0.25) is 5.76 Å². The van der Waals surface area contributed by atoms with E-state index in [0.29, 0.717) is 22.8 Å². The third-order valence-electron chi connectivity index (χ3n) is 2.55. The summed E-state index contributed by atoms with van der Waals surface area (Å²) < 4.78 is 10.5. The second kappa shape index (κ2) is 4.44. The zero-order valence-corrected chi connectivity index (χ0v) is 10.1. The lowest BCUT2D eigenvalue weighted by Crippen LogP contribution is -1.96. The molecule has 1 heterocycles. The quantitative estimate of drug-likeness (QED) is 0.814. The van der Waals surface area contributed by atoms with Gasteiger partial charge < -0.3 is 20.0 Å². The number of benzene rings is 1. The molecule has 0 saturated heterocycles. The average molecular weight is 247 g/mol. The van der Waals surface area contributed by atoms with Crippen LogP contribution in [0.2, 0.25) is 0 Å². The summed E-state index contributed by atoms with van der Waals surface area (Å²) in [7, 11) is 1.51. The molecule has 3 N–H and O–H groups in total. The molecule has 2 rings (SSSR count). The van der Waals surface area contributed by atoms with Gasteiger partial charge in [0, 0.05) is 0 Å². The van der Waals surface area contributed by atoms with Crippen LogP contribution in [0.5, 0.6) is 5.75 Å². The number of aryl methyl sites for hydroxylation is 1. The zero-order valence-electron chi connectivity index (χ0n) is 10.1. The van der Waals surface area contributed by atoms with Crippen LogP contribution in [0.4, 0.5) is 5.69 Å². The van der Waals surface area contributed by atoms with Gasteiger partial charge in [0.25, 0.3) is 0 Å². The maximum absolute atomic E-state index is 10.8. The number of rotatable bonds is 3. The summed E-state index contributed by atoms with van der Waals surface area (Å²) in [5, 5.41) is 8.83. The van der Waals surface area contributed by atoms with Crippen LogP contribution in [0.15, 0.2) is 28.7 Å². The lowest BCUT2D eigenvalue weighted by atomic mass is 10.1. The molecule has 1 aromatic carbocycles. The number of carbonyl (C=O) groups is 1. The van der Waals surface area contributed by atoms with Crippen molar-refractivity contribution < 1.29 is 19.1 Å². The van der Waals surface area contributed by atoms with Crippen LogP contribution in [0.25, 0.3) is 11.3 Å². The first-order valence-corrected chi connectivity index (χ1v) is 5.30. The topological polar surface area (TPSA) is 85.7 Å². The molecule has 0 aliphatic carbocycles. The predicted molar refractivity (Wildman–Crippen MR) is 66.8 cm³/mol. The maximum Gasteiger partial charge on any atom is 0.371 e. The van der Waals surface area contributed by atoms with Gasteiger partial charge in [-0.25, -0.2) is 4.79 Å². The van der Waals surface area contributed by atoms with Crippen LogP contribution >= 0.6 is 0 Å². The van der Waals surface area contributed by atoms with Crippen LogP contribution in [0.3, 0.4) is 0 Å². The number of furan rings is 1. The van der Waals surface area contributed by atoms with Crippen molar-refractivity contribution in [1.82, 2.24) is 0 Å². The molecule has 0 spiro atoms. The fourth-order valence-corrected chi connectivity index (χ4v) is 1.81. The second-order valence-electron chi connectivity index (χ2n) is 3.90. The molecule has 0 radical (unpaired) electrons. The van der Waals surface area contributed by atoms with Crippen molar-refractivity contribution >= 4 is 11.7 Å². The molecule has 0 saturated carbocycles. The van der Waals surface area contributed by atoms with Gasteiger partial charge in [-0.15, -0.1) is 0 Å². The van der Waals surface area contributed by atoms with Gasteiger partial charge in [0.05, 0.1) is 18.4 Å². The van der Waals surface area contributed by atoms with Gasteiger partial charge in [-0.05, 0) is 36.8 Å². The smallest absolute Gasteiger partial charge is 0.371 e. The van der Waals surface area contributed by atoms with Crippen LogP contribution in [0.1, 0.15) is 16.1 Å². The minimum absolute atomic E-state index is 0.118. The van der Waals surface area contributed by atoms with Gasteiger partial charge in [-0.3, -0.25) is 0 Å². The van der Waals surface area contributed by atoms with E-state index in [-0.39, 0.29) is 5.76 Å². The highest BCUT2D eigenvalue weighted by atomic mass is 16.5. The van der Waals surface area contributed by atoms with Crippen molar-refractivity contribution in [1.29, 1.82) is 0 Å². The Bertz CT molecular complexity index is 601. The van der Waals surface area contributed by atoms with E-state index in [2.05, 4.69) is 0 Å². The van der Waals surface area contributed by atoms with E-state index in [1.54, 1.807) is 12.1 Å². The molecule has 18 heavy (non-hydrogen) atoms. The van der Waals surface area contributed by atoms with Crippen molar-refractivity contribution in [2.24, 2.45) is 0 Å². The number of ether oxygens (including phenoxy) is 1. The lowest BCUT2D eigenvalue weighted by Gasteiger charge is -2.10. The average Bonchev–Trinajstić information content (AvgIpc) is 2.77. The highest BCUT2D eigenvalue weighted by Crippen LogP contribution is 2.36. The molecule has 0 aliphatic heterocycles. The van der Waals surface area contributed by atoms with E-state index in [4.69, 9.17) is 20.0 Å². The van der Waals surface area contributed by atoms with Gasteiger partial charge in [0.1, 0.15) is 5.76 Å². The van der Waals surface area contributed by atoms with Crippen molar-refractivity contribution in [2.45, 2.75) is 6.92 Å². The number of nitrogens with two attached hydrogens (primary N) is 1. The van der Waals surface area contributed by atoms with E-state index >= 15 is 0 Å². The molecule has 0 aliphatic rings. The number of nitrogen functional groups attached to an aromatic ring is 1. The Morgan fingerprint density at radius 2 is 2.11 bits per heavy atom. The fourth-order valence-electron chi connectivity index (χ4n) is 1.81. The third-order valence-corrected chi connectivity index (χ3v) is 2.55. The van der Waals surface area contributed by atoms with Crippen molar-refractivity contribution in [3.8, 4) is 17.1 Å². The van der Waals surface area contributed by atoms with Crippen molar-refractivity contribution in [3.05, 3.63) is 35.6 Å². The van der Waals surface area contributed by atoms with Gasteiger partial charge >= 0.3 is 5.97 Å². The number of hydrogen-bond donors (Lipinski definition) is 2. The number of anilines is 1. The van der Waals surface area contributed by atoms with E-state index in [9.17, 15) is 4.79 Å². The Labute approximate surface area is 104 Å². The Morgan fingerprint density at radius 1 is 1.39 bits per heavy atom. The molecule has 0 amide bonds. The summed E-state index contributed by atoms with van der Waals surface area (Å²) in [6.07, 6.45) is 0. The van der Waals surface area contributed by atoms with Crippen LogP contribution < -0.4 is 10.5 Å². The summed E-state index contributed by atoms with van der Waals surface area (Å²) in [6.45, 7) is 1.89. The maximum atomic E-state index is 10.8. The molecule has 2 aromatic rings. The van der Waals surface area contributed by atoms with Crippen LogP contribution in [-0.4, -0.2) is 18.2 Å². The second-order valence-corrected chi connectivity index (χ2v) is 3.90. The highest BCUT2D eigenvalue weighted by molar-refractivity contribution is 5.86. The molecule has 5 nitrogen and oxygen atoms in total. The first-order valence-electron chi connectivity index (χ1n) is 5.30. The molecule has 0 fully saturated rings. The Morgan fingerprint density at radius 3 is 2.67 bits per heavy atom. The number of methoxy groups -OCH3 is 1. The SMILES string of the molecule is COc1c(N)cc(C)cc1-c1ccc(C(=O)O)o1. The molecule has 94 valence electrons. The number of hydrogen-bond acceptors (Lipinski definition) is 4. The summed E-state index contributed by atoms with van der Waals surface area (Å²) in [6, 6.07) is 6.60. The summed E-state index contributed by atoms with van der Waals surface area (Å²) in [5.41, 5.74) is 7.92. The van der Waals surface area contributed by atoms with Crippen LogP contribution in [0, 0.1) is 6.92 Å². The zero-order chi connectivity index (χ0) is 13.3. The fraction of sp³-hybridized carbons (Fsp3) is 0.154. The van der Waals surface area contributed by atoms with E-state index in [0.717, 1.165) is 5.56 Å². The first kappa shape index (κ1) is 12.0. The molecule has 0 unspecified atom stereocenters. The lowest BCUT2D eigenvalue weighted by molar-refractivity contribution is 0.0663. The molecule has 5 heteroatoms. The summed E-state index contributed by atoms with van der Waals surface area (Å²) in [4.78, 5) is 10.8. The summed E-state index contributed by atoms with van der Waals surface area (Å²) in [5.74, 6) is -0.334. The Balaban J connectivity index is 2.58.